The molecule has 1 amide bonds. The van der Waals surface area contributed by atoms with Crippen molar-refractivity contribution in [1.82, 2.24) is 29.7 Å². The van der Waals surface area contributed by atoms with Crippen molar-refractivity contribution in [3.8, 4) is 22.6 Å². The molecule has 254 valence electrons. The van der Waals surface area contributed by atoms with Gasteiger partial charge in [-0.2, -0.15) is 0 Å². The molecule has 0 bridgehead atoms. The van der Waals surface area contributed by atoms with Crippen LogP contribution in [0.3, 0.4) is 0 Å². The zero-order valence-electron chi connectivity index (χ0n) is 27.9. The van der Waals surface area contributed by atoms with E-state index in [0.29, 0.717) is 24.2 Å². The zero-order valence-corrected chi connectivity index (χ0v) is 27.9. The van der Waals surface area contributed by atoms with Gasteiger partial charge in [-0.25, -0.2) is 9.97 Å². The molecule has 3 aliphatic rings. The van der Waals surface area contributed by atoms with Crippen LogP contribution in [0.4, 0.5) is 5.82 Å². The molecule has 5 heterocycles. The Labute approximate surface area is 283 Å². The van der Waals surface area contributed by atoms with E-state index in [2.05, 4.69) is 30.1 Å². The summed E-state index contributed by atoms with van der Waals surface area (Å²) in [5.74, 6) is 1.31. The number of anilines is 1. The third-order valence-electron chi connectivity index (χ3n) is 10.2. The lowest BCUT2D eigenvalue weighted by molar-refractivity contribution is -0.131. The van der Waals surface area contributed by atoms with Crippen molar-refractivity contribution in [3.63, 3.8) is 0 Å². The van der Waals surface area contributed by atoms with Gasteiger partial charge in [0.25, 0.3) is 11.5 Å². The maximum atomic E-state index is 12.8. The number of amides is 1. The van der Waals surface area contributed by atoms with Crippen molar-refractivity contribution in [1.29, 1.82) is 0 Å². The fraction of sp³-hybridized carbons (Fsp3) is 0.417. The number of methoxy groups -OCH3 is 2. The lowest BCUT2D eigenvalue weighted by atomic mass is 9.72. The number of carbonyl (C=O) groups is 3. The van der Waals surface area contributed by atoms with E-state index in [-0.39, 0.29) is 41.2 Å². The minimum atomic E-state index is -0.675. The lowest BCUT2D eigenvalue weighted by Crippen LogP contribution is -2.60. The molecule has 2 aliphatic heterocycles. The summed E-state index contributed by atoms with van der Waals surface area (Å²) >= 11 is 0. The van der Waals surface area contributed by atoms with Crippen LogP contribution in [0.2, 0.25) is 0 Å². The molecule has 0 radical (unpaired) electrons. The number of carbonyl (C=O) groups excluding carboxylic acids is 3. The van der Waals surface area contributed by atoms with Gasteiger partial charge in [0.05, 0.1) is 37.6 Å². The molecule has 1 N–H and O–H groups in total. The summed E-state index contributed by atoms with van der Waals surface area (Å²) in [7, 11) is 5.07. The molecule has 2 saturated heterocycles. The van der Waals surface area contributed by atoms with Crippen LogP contribution in [0.15, 0.2) is 53.8 Å². The number of hydrogen-bond acceptors (Lipinski definition) is 11. The van der Waals surface area contributed by atoms with Gasteiger partial charge >= 0.3 is 0 Å². The molecule has 13 nitrogen and oxygen atoms in total. The Balaban J connectivity index is 0.999. The van der Waals surface area contributed by atoms with Crippen LogP contribution in [0.5, 0.6) is 11.5 Å². The Morgan fingerprint density at radius 3 is 2.45 bits per heavy atom. The smallest absolute Gasteiger partial charge is 0.289 e. The van der Waals surface area contributed by atoms with Gasteiger partial charge in [0.1, 0.15) is 23.1 Å². The van der Waals surface area contributed by atoms with E-state index in [0.717, 1.165) is 72.6 Å². The molecule has 1 atom stereocenters. The van der Waals surface area contributed by atoms with E-state index in [4.69, 9.17) is 9.47 Å². The minimum absolute atomic E-state index is 0.0217. The number of pyridine rings is 2. The first-order chi connectivity index (χ1) is 23.7. The molecule has 3 fully saturated rings. The molecule has 1 aliphatic carbocycles. The second-order valence-corrected chi connectivity index (χ2v) is 13.4. The molecule has 7 rings (SSSR count). The summed E-state index contributed by atoms with van der Waals surface area (Å²) in [6.45, 7) is 4.18. The number of aryl methyl sites for hydroxylation is 1. The number of Topliss-reactive ketones (excluding diaryl/α,β-unsaturated/α-hetero) is 2. The van der Waals surface area contributed by atoms with E-state index in [1.54, 1.807) is 50.5 Å². The topological polar surface area (TPSA) is 149 Å². The molecular weight excluding hydrogens is 626 g/mol. The van der Waals surface area contributed by atoms with Crippen LogP contribution in [0, 0.1) is 5.41 Å². The number of ether oxygens (including phenoxy) is 2. The fourth-order valence-corrected chi connectivity index (χ4v) is 7.37. The van der Waals surface area contributed by atoms with Crippen molar-refractivity contribution in [2.24, 2.45) is 12.5 Å². The number of nitrogens with one attached hydrogen (secondary N) is 1. The maximum absolute atomic E-state index is 12.8. The number of nitrogens with zero attached hydrogens (tertiary/aromatic N) is 6. The van der Waals surface area contributed by atoms with Gasteiger partial charge in [0.2, 0.25) is 5.82 Å². The third kappa shape index (κ3) is 6.26. The Hall–Kier alpha value is -5.17. The van der Waals surface area contributed by atoms with Crippen molar-refractivity contribution in [2.75, 3.05) is 45.3 Å². The number of hydrogen-bond donors (Lipinski definition) is 1. The molecule has 49 heavy (non-hydrogen) atoms. The molecule has 13 heteroatoms. The second kappa shape index (κ2) is 13.0. The van der Waals surface area contributed by atoms with Crippen molar-refractivity contribution < 1.29 is 23.9 Å². The van der Waals surface area contributed by atoms with Crippen LogP contribution in [0.25, 0.3) is 21.9 Å². The predicted octanol–water partition coefficient (Wildman–Crippen LogP) is 2.93. The monoisotopic (exact) mass is 665 g/mol. The second-order valence-electron chi connectivity index (χ2n) is 13.4. The summed E-state index contributed by atoms with van der Waals surface area (Å²) in [5, 5.41) is 4.08. The first-order valence-electron chi connectivity index (χ1n) is 16.5. The normalized spacial score (nSPS) is 19.2. The van der Waals surface area contributed by atoms with Crippen molar-refractivity contribution in [3.05, 3.63) is 70.8 Å². The Morgan fingerprint density at radius 2 is 1.76 bits per heavy atom. The van der Waals surface area contributed by atoms with Crippen LogP contribution in [-0.4, -0.2) is 88.3 Å². The van der Waals surface area contributed by atoms with Gasteiger partial charge in [-0.15, -0.1) is 0 Å². The van der Waals surface area contributed by atoms with Crippen LogP contribution < -0.4 is 25.2 Å². The molecule has 1 aromatic carbocycles. The van der Waals surface area contributed by atoms with Crippen LogP contribution >= 0.6 is 0 Å². The molecule has 4 aromatic rings. The van der Waals surface area contributed by atoms with Gasteiger partial charge in [0, 0.05) is 68.9 Å². The number of benzene rings is 1. The van der Waals surface area contributed by atoms with Gasteiger partial charge in [-0.1, -0.05) is 0 Å². The highest BCUT2D eigenvalue weighted by atomic mass is 16.5. The third-order valence-corrected chi connectivity index (χ3v) is 10.2. The highest BCUT2D eigenvalue weighted by molar-refractivity contribution is 6.06. The van der Waals surface area contributed by atoms with Gasteiger partial charge in [-0.05, 0) is 67.6 Å². The predicted molar refractivity (Wildman–Crippen MR) is 182 cm³/mol. The lowest BCUT2D eigenvalue weighted by Gasteiger charge is -2.54. The number of fused-ring (bicyclic) bond motifs is 1. The summed E-state index contributed by atoms with van der Waals surface area (Å²) in [6.07, 6.45) is 9.20. The zero-order chi connectivity index (χ0) is 34.3. The Bertz CT molecular complexity index is 1990. The molecule has 1 unspecified atom stereocenters. The van der Waals surface area contributed by atoms with Gasteiger partial charge in [-0.3, -0.25) is 29.1 Å². The first-order valence-corrected chi connectivity index (χ1v) is 16.5. The number of piperidine rings is 1. The van der Waals surface area contributed by atoms with Gasteiger partial charge in [0.15, 0.2) is 5.78 Å². The highest BCUT2D eigenvalue weighted by Crippen LogP contribution is 2.43. The Morgan fingerprint density at radius 1 is 1.02 bits per heavy atom. The van der Waals surface area contributed by atoms with Crippen molar-refractivity contribution >= 4 is 34.1 Å². The van der Waals surface area contributed by atoms with E-state index in [9.17, 15) is 19.2 Å². The molecule has 1 spiro atoms. The highest BCUT2D eigenvalue weighted by Gasteiger charge is 2.45. The number of ketones is 2. The molecule has 3 aromatic heterocycles. The SMILES string of the molecule is COc1cc(-c2cn(C)c(=O)c3cnccc23)cc(OC)c1CN1CCC2(CC1)CN(c1ccnc(C(=O)NC3CCC(=O)CC3=O)n1)C2. The number of aromatic nitrogens is 4. The van der Waals surface area contributed by atoms with E-state index >= 15 is 0 Å². The average Bonchev–Trinajstić information content (AvgIpc) is 3.10. The first kappa shape index (κ1) is 32.4. The summed E-state index contributed by atoms with van der Waals surface area (Å²) in [4.78, 5) is 66.7. The summed E-state index contributed by atoms with van der Waals surface area (Å²) < 4.78 is 13.4. The van der Waals surface area contributed by atoms with Crippen LogP contribution in [-0.2, 0) is 23.2 Å². The molecule has 1 saturated carbocycles. The maximum Gasteiger partial charge on any atom is 0.289 e. The summed E-state index contributed by atoms with van der Waals surface area (Å²) in [6, 6.07) is 7.01. The average molecular weight is 666 g/mol. The van der Waals surface area contributed by atoms with Gasteiger partial charge < -0.3 is 24.3 Å². The van der Waals surface area contributed by atoms with Crippen LogP contribution in [0.1, 0.15) is 48.3 Å². The van der Waals surface area contributed by atoms with Crippen molar-refractivity contribution in [2.45, 2.75) is 44.7 Å². The van der Waals surface area contributed by atoms with E-state index in [1.165, 1.54) is 0 Å². The quantitative estimate of drug-likeness (QED) is 0.277. The largest absolute Gasteiger partial charge is 0.496 e. The molecular formula is C36H39N7O6. The minimum Gasteiger partial charge on any atom is -0.496 e. The number of rotatable bonds is 8. The fourth-order valence-electron chi connectivity index (χ4n) is 7.37. The standard InChI is InChI=1S/C36H39N7O6/c1-41-18-26(24-6-10-37-17-25(24)35(41)47)22-14-30(48-2)27(31(15-22)49-3)19-42-12-8-36(9-13-42)20-43(21-36)32-7-11-38-33(40-32)34(46)39-28-5-4-23(44)16-29(28)45/h6-7,10-11,14-15,17-18,28H,4-5,8-9,12-13,16,19-21H2,1-3H3,(H,39,46). The van der Waals surface area contributed by atoms with E-state index in [1.807, 2.05) is 24.4 Å². The Kier molecular flexibility index (Phi) is 8.61. The van der Waals surface area contributed by atoms with E-state index < -0.39 is 11.9 Å². The summed E-state index contributed by atoms with van der Waals surface area (Å²) in [5.41, 5.74) is 2.83. The number of likely N-dealkylation sites (tertiary alicyclic amines) is 1.